The molecule has 0 heterocycles. The van der Waals surface area contributed by atoms with Gasteiger partial charge in [0.2, 0.25) is 0 Å². The molecule has 31 heavy (non-hydrogen) atoms. The summed E-state index contributed by atoms with van der Waals surface area (Å²) in [5.41, 5.74) is 1.73. The van der Waals surface area contributed by atoms with Gasteiger partial charge in [-0.2, -0.15) is 0 Å². The fraction of sp³-hybridized carbons (Fsp3) is 0.778. The number of carboxylic acids is 1. The van der Waals surface area contributed by atoms with Gasteiger partial charge in [-0.1, -0.05) is 32.9 Å². The summed E-state index contributed by atoms with van der Waals surface area (Å²) in [5.74, 6) is 1.73. The predicted octanol–water partition coefficient (Wildman–Crippen LogP) is 5.41. The standard InChI is InChI=1S/C27H40O4/c1-16(5-10-24(29)17(2)25(30)31)21-8-9-22-20-7-6-18-15-19(28)11-13-26(18,3)23(20)12-14-27(21,22)4/h6-7,15-17,20-24,29H,5,8-14H2,1-4H3,(H,30,31)/t16-,17?,20+,21-,22+,23+,24?,26+,27-/m1/s1. The number of allylic oxidation sites excluding steroid dienone is 4. The number of carboxylic acid groups (broad SMARTS) is 1. The maximum absolute atomic E-state index is 12.0. The molecular weight excluding hydrogens is 388 g/mol. The summed E-state index contributed by atoms with van der Waals surface area (Å²) in [6.07, 6.45) is 14.0. The largest absolute Gasteiger partial charge is 0.481 e. The second kappa shape index (κ2) is 8.17. The van der Waals surface area contributed by atoms with E-state index in [2.05, 4.69) is 32.9 Å². The Morgan fingerprint density at radius 2 is 1.87 bits per heavy atom. The number of hydrogen-bond donors (Lipinski definition) is 2. The Labute approximate surface area is 187 Å². The van der Waals surface area contributed by atoms with Gasteiger partial charge in [-0.3, -0.25) is 9.59 Å². The van der Waals surface area contributed by atoms with E-state index in [4.69, 9.17) is 5.11 Å². The Balaban J connectivity index is 1.48. The van der Waals surface area contributed by atoms with Gasteiger partial charge in [-0.25, -0.2) is 0 Å². The quantitative estimate of drug-likeness (QED) is 0.593. The van der Waals surface area contributed by atoms with E-state index in [1.54, 1.807) is 6.92 Å². The predicted molar refractivity (Wildman–Crippen MR) is 121 cm³/mol. The van der Waals surface area contributed by atoms with Crippen molar-refractivity contribution in [3.8, 4) is 0 Å². The van der Waals surface area contributed by atoms with Gasteiger partial charge in [0.15, 0.2) is 5.78 Å². The molecule has 0 aromatic rings. The van der Waals surface area contributed by atoms with E-state index in [0.29, 0.717) is 47.8 Å². The van der Waals surface area contributed by atoms with Crippen LogP contribution in [0.4, 0.5) is 0 Å². The first kappa shape index (κ1) is 22.8. The van der Waals surface area contributed by atoms with E-state index < -0.39 is 18.0 Å². The zero-order valence-electron chi connectivity index (χ0n) is 19.6. The third-order valence-electron chi connectivity index (χ3n) is 10.2. The topological polar surface area (TPSA) is 74.6 Å². The minimum Gasteiger partial charge on any atom is -0.481 e. The lowest BCUT2D eigenvalue weighted by Gasteiger charge is -2.56. The van der Waals surface area contributed by atoms with Crippen LogP contribution in [0.15, 0.2) is 23.8 Å². The van der Waals surface area contributed by atoms with E-state index in [1.807, 2.05) is 6.08 Å². The van der Waals surface area contributed by atoms with Crippen molar-refractivity contribution in [1.29, 1.82) is 0 Å². The van der Waals surface area contributed by atoms with Crippen LogP contribution in [0.3, 0.4) is 0 Å². The molecule has 0 amide bonds. The van der Waals surface area contributed by atoms with Crippen molar-refractivity contribution in [2.75, 3.05) is 0 Å². The molecule has 0 aromatic carbocycles. The third-order valence-corrected chi connectivity index (χ3v) is 10.2. The molecule has 4 nitrogen and oxygen atoms in total. The lowest BCUT2D eigenvalue weighted by molar-refractivity contribution is -0.145. The van der Waals surface area contributed by atoms with E-state index >= 15 is 0 Å². The Kier molecular flexibility index (Phi) is 6.00. The highest BCUT2D eigenvalue weighted by Crippen LogP contribution is 2.66. The molecule has 4 rings (SSSR count). The maximum atomic E-state index is 12.0. The molecule has 0 aromatic heterocycles. The number of ketones is 1. The molecule has 2 saturated carbocycles. The Morgan fingerprint density at radius 1 is 1.13 bits per heavy atom. The monoisotopic (exact) mass is 428 g/mol. The molecule has 4 aliphatic rings. The third kappa shape index (κ3) is 3.73. The van der Waals surface area contributed by atoms with Gasteiger partial charge in [0.25, 0.3) is 0 Å². The highest BCUT2D eigenvalue weighted by Gasteiger charge is 2.58. The zero-order chi connectivity index (χ0) is 22.6. The van der Waals surface area contributed by atoms with E-state index in [-0.39, 0.29) is 11.2 Å². The first-order chi connectivity index (χ1) is 14.6. The Morgan fingerprint density at radius 3 is 2.58 bits per heavy atom. The summed E-state index contributed by atoms with van der Waals surface area (Å²) >= 11 is 0. The maximum Gasteiger partial charge on any atom is 0.308 e. The van der Waals surface area contributed by atoms with Crippen LogP contribution in [0.25, 0.3) is 0 Å². The van der Waals surface area contributed by atoms with Gasteiger partial charge in [0, 0.05) is 6.42 Å². The first-order valence-electron chi connectivity index (χ1n) is 12.4. The van der Waals surface area contributed by atoms with Gasteiger partial charge in [-0.15, -0.1) is 0 Å². The molecule has 0 spiro atoms. The second-order valence-corrected chi connectivity index (χ2v) is 11.6. The Hall–Kier alpha value is -1.42. The molecule has 2 N–H and O–H groups in total. The van der Waals surface area contributed by atoms with Crippen LogP contribution in [0.2, 0.25) is 0 Å². The smallest absolute Gasteiger partial charge is 0.308 e. The first-order valence-corrected chi connectivity index (χ1v) is 12.4. The van der Waals surface area contributed by atoms with E-state index in [0.717, 1.165) is 12.8 Å². The van der Waals surface area contributed by atoms with Crippen molar-refractivity contribution in [2.45, 2.75) is 85.2 Å². The van der Waals surface area contributed by atoms with Crippen molar-refractivity contribution in [3.63, 3.8) is 0 Å². The van der Waals surface area contributed by atoms with Gasteiger partial charge >= 0.3 is 5.97 Å². The minimum atomic E-state index is -0.915. The molecule has 172 valence electrons. The second-order valence-electron chi connectivity index (χ2n) is 11.6. The van der Waals surface area contributed by atoms with Gasteiger partial charge in [0.05, 0.1) is 12.0 Å². The number of aliphatic hydroxyl groups is 1. The highest BCUT2D eigenvalue weighted by molar-refractivity contribution is 5.92. The number of rotatable bonds is 6. The van der Waals surface area contributed by atoms with Gasteiger partial charge in [0.1, 0.15) is 0 Å². The number of aliphatic carboxylic acids is 1. The minimum absolute atomic E-state index is 0.148. The molecule has 0 aliphatic heterocycles. The molecule has 4 aliphatic carbocycles. The number of carbonyl (C=O) groups excluding carboxylic acids is 1. The summed E-state index contributed by atoms with van der Waals surface area (Å²) in [7, 11) is 0. The summed E-state index contributed by atoms with van der Waals surface area (Å²) in [5, 5.41) is 19.4. The summed E-state index contributed by atoms with van der Waals surface area (Å²) in [6.45, 7) is 8.82. The normalized spacial score (nSPS) is 42.1. The van der Waals surface area contributed by atoms with Crippen molar-refractivity contribution >= 4 is 11.8 Å². The number of hydrogen-bond acceptors (Lipinski definition) is 3. The van der Waals surface area contributed by atoms with Gasteiger partial charge in [-0.05, 0) is 104 Å². The number of carbonyl (C=O) groups is 2. The zero-order valence-corrected chi connectivity index (χ0v) is 19.6. The average Bonchev–Trinajstić information content (AvgIpc) is 3.09. The fourth-order valence-corrected chi connectivity index (χ4v) is 8.02. The Bertz CT molecular complexity index is 797. The highest BCUT2D eigenvalue weighted by atomic mass is 16.4. The van der Waals surface area contributed by atoms with Crippen molar-refractivity contribution in [1.82, 2.24) is 0 Å². The number of aliphatic hydroxyl groups excluding tert-OH is 1. The van der Waals surface area contributed by atoms with Crippen LogP contribution in [-0.2, 0) is 9.59 Å². The fourth-order valence-electron chi connectivity index (χ4n) is 8.02. The van der Waals surface area contributed by atoms with Crippen molar-refractivity contribution in [2.24, 2.45) is 46.3 Å². The van der Waals surface area contributed by atoms with E-state index in [9.17, 15) is 14.7 Å². The molecule has 2 unspecified atom stereocenters. The average molecular weight is 429 g/mol. The van der Waals surface area contributed by atoms with Crippen LogP contribution in [0, 0.1) is 46.3 Å². The lowest BCUT2D eigenvalue weighted by atomic mass is 9.48. The van der Waals surface area contributed by atoms with Crippen LogP contribution in [0.1, 0.15) is 79.1 Å². The van der Waals surface area contributed by atoms with Crippen LogP contribution in [0.5, 0.6) is 0 Å². The molecule has 9 atom stereocenters. The molecule has 2 fully saturated rings. The molecule has 0 bridgehead atoms. The number of fused-ring (bicyclic) bond motifs is 5. The summed E-state index contributed by atoms with van der Waals surface area (Å²) in [6, 6.07) is 0. The van der Waals surface area contributed by atoms with Crippen LogP contribution >= 0.6 is 0 Å². The van der Waals surface area contributed by atoms with Crippen LogP contribution < -0.4 is 0 Å². The lowest BCUT2D eigenvalue weighted by Crippen LogP contribution is -2.49. The van der Waals surface area contributed by atoms with Crippen LogP contribution in [-0.4, -0.2) is 28.1 Å². The molecule has 0 saturated heterocycles. The molecule has 4 heteroatoms. The van der Waals surface area contributed by atoms with Gasteiger partial charge < -0.3 is 10.2 Å². The molecule has 0 radical (unpaired) electrons. The summed E-state index contributed by atoms with van der Waals surface area (Å²) < 4.78 is 0. The molecular formula is C27H40O4. The van der Waals surface area contributed by atoms with E-state index in [1.165, 1.54) is 31.3 Å². The van der Waals surface area contributed by atoms with Crippen molar-refractivity contribution < 1.29 is 19.8 Å². The SMILES string of the molecule is CC(C(=O)O)C(O)CC[C@@H](C)[C@H]1CC[C@H]2[C@@H]3C=CC4=CC(=O)CC[C@]4(C)[C@H]3CC[C@]12C. The van der Waals surface area contributed by atoms with Crippen molar-refractivity contribution in [3.05, 3.63) is 23.8 Å². The summed E-state index contributed by atoms with van der Waals surface area (Å²) in [4.78, 5) is 23.2.